The van der Waals surface area contributed by atoms with E-state index in [4.69, 9.17) is 9.47 Å². The number of phenolic OH excluding ortho intramolecular Hbond substituents is 1. The second kappa shape index (κ2) is 17.4. The molecule has 166 valence electrons. The molecule has 30 heavy (non-hydrogen) atoms. The van der Waals surface area contributed by atoms with Crippen molar-refractivity contribution in [3.8, 4) is 11.5 Å². The molecule has 0 saturated heterocycles. The number of unbranched alkanes of at least 4 members (excludes halogenated alkanes) is 7. The highest BCUT2D eigenvalue weighted by atomic mass is 16.5. The molecule has 4 heteroatoms. The zero-order valence-corrected chi connectivity index (χ0v) is 18.6. The number of allylic oxidation sites excluding steroid dienone is 6. The molecule has 4 nitrogen and oxygen atoms in total. The Bertz CT molecular complexity index is 674. The smallest absolute Gasteiger partial charge is 0.306 e. The lowest BCUT2D eigenvalue weighted by Gasteiger charge is -2.08. The number of hydrogen-bond acceptors (Lipinski definition) is 4. The summed E-state index contributed by atoms with van der Waals surface area (Å²) < 4.78 is 10.3. The fourth-order valence-electron chi connectivity index (χ4n) is 2.91. The molecule has 0 saturated carbocycles. The molecule has 0 aliphatic heterocycles. The summed E-state index contributed by atoms with van der Waals surface area (Å²) in [5.74, 6) is 0.281. The number of rotatable bonds is 16. The zero-order valence-electron chi connectivity index (χ0n) is 18.6. The molecule has 1 rings (SSSR count). The van der Waals surface area contributed by atoms with E-state index in [2.05, 4.69) is 43.4 Å². The van der Waals surface area contributed by atoms with Gasteiger partial charge in [-0.3, -0.25) is 4.79 Å². The number of carbonyl (C=O) groups is 1. The van der Waals surface area contributed by atoms with Gasteiger partial charge < -0.3 is 14.6 Å². The largest absolute Gasteiger partial charge is 0.504 e. The Morgan fingerprint density at radius 1 is 0.933 bits per heavy atom. The van der Waals surface area contributed by atoms with Crippen molar-refractivity contribution >= 4 is 5.97 Å². The minimum atomic E-state index is -0.180. The molecule has 0 radical (unpaired) electrons. The van der Waals surface area contributed by atoms with Gasteiger partial charge in [0.05, 0.1) is 7.11 Å². The molecule has 0 aliphatic rings. The van der Waals surface area contributed by atoms with Gasteiger partial charge in [-0.1, -0.05) is 81.6 Å². The number of ether oxygens (including phenoxy) is 2. The Balaban J connectivity index is 1.99. The van der Waals surface area contributed by atoms with Crippen molar-refractivity contribution in [1.29, 1.82) is 0 Å². The van der Waals surface area contributed by atoms with Crippen LogP contribution in [0.2, 0.25) is 0 Å². The van der Waals surface area contributed by atoms with Crippen molar-refractivity contribution in [3.05, 3.63) is 60.2 Å². The Morgan fingerprint density at radius 2 is 1.60 bits per heavy atom. The van der Waals surface area contributed by atoms with Crippen molar-refractivity contribution in [2.45, 2.75) is 77.7 Å². The monoisotopic (exact) mass is 414 g/mol. The topological polar surface area (TPSA) is 55.8 Å². The van der Waals surface area contributed by atoms with E-state index in [1.54, 1.807) is 18.2 Å². The number of carbonyl (C=O) groups excluding carboxylic acids is 1. The van der Waals surface area contributed by atoms with E-state index >= 15 is 0 Å². The predicted octanol–water partition coefficient (Wildman–Crippen LogP) is 7.03. The van der Waals surface area contributed by atoms with Crippen LogP contribution in [0.25, 0.3) is 0 Å². The van der Waals surface area contributed by atoms with Crippen LogP contribution in [0, 0.1) is 0 Å². The molecule has 0 spiro atoms. The van der Waals surface area contributed by atoms with Gasteiger partial charge in [0, 0.05) is 6.42 Å². The molecule has 1 aromatic rings. The summed E-state index contributed by atoms with van der Waals surface area (Å²) in [7, 11) is 1.49. The van der Waals surface area contributed by atoms with Crippen LogP contribution < -0.4 is 4.74 Å². The van der Waals surface area contributed by atoms with E-state index in [-0.39, 0.29) is 18.3 Å². The highest BCUT2D eigenvalue weighted by Crippen LogP contribution is 2.26. The van der Waals surface area contributed by atoms with Crippen LogP contribution in [0.15, 0.2) is 54.7 Å². The van der Waals surface area contributed by atoms with Gasteiger partial charge in [0.2, 0.25) is 0 Å². The average Bonchev–Trinajstić information content (AvgIpc) is 2.75. The van der Waals surface area contributed by atoms with Gasteiger partial charge in [0.15, 0.2) is 11.5 Å². The standard InChI is InChI=1S/C26H38O4/c1-3-4-5-6-7-8-9-10-11-12-13-14-15-16-17-18-26(28)30-22-23-19-20-24(27)25(21-23)29-2/h6-11,19-21,27H,3-5,12-18,22H2,1-2H3/b7-6+,9-8+,11-10-. The first-order chi connectivity index (χ1) is 14.7. The van der Waals surface area contributed by atoms with Crippen molar-refractivity contribution in [3.63, 3.8) is 0 Å². The number of phenols is 1. The first-order valence-electron chi connectivity index (χ1n) is 11.2. The molecular weight excluding hydrogens is 376 g/mol. The number of hydrogen-bond donors (Lipinski definition) is 1. The fraction of sp³-hybridized carbons (Fsp3) is 0.500. The highest BCUT2D eigenvalue weighted by molar-refractivity contribution is 5.69. The van der Waals surface area contributed by atoms with E-state index in [0.29, 0.717) is 12.2 Å². The van der Waals surface area contributed by atoms with E-state index in [0.717, 1.165) is 37.7 Å². The van der Waals surface area contributed by atoms with E-state index in [1.807, 2.05) is 0 Å². The summed E-state index contributed by atoms with van der Waals surface area (Å²) in [6.07, 6.45) is 23.5. The molecule has 0 amide bonds. The van der Waals surface area contributed by atoms with Crippen LogP contribution in [0.1, 0.15) is 76.7 Å². The fourth-order valence-corrected chi connectivity index (χ4v) is 2.91. The summed E-state index contributed by atoms with van der Waals surface area (Å²) in [6.45, 7) is 2.41. The van der Waals surface area contributed by atoms with Crippen molar-refractivity contribution in [2.75, 3.05) is 7.11 Å². The minimum Gasteiger partial charge on any atom is -0.504 e. The van der Waals surface area contributed by atoms with Gasteiger partial charge in [-0.2, -0.15) is 0 Å². The van der Waals surface area contributed by atoms with E-state index < -0.39 is 0 Å². The third-order valence-electron chi connectivity index (χ3n) is 4.73. The van der Waals surface area contributed by atoms with Gasteiger partial charge in [-0.15, -0.1) is 0 Å². The summed E-state index contributed by atoms with van der Waals surface area (Å²) in [5.41, 5.74) is 0.799. The lowest BCUT2D eigenvalue weighted by molar-refractivity contribution is -0.145. The van der Waals surface area contributed by atoms with Crippen LogP contribution in [0.4, 0.5) is 0 Å². The van der Waals surface area contributed by atoms with Gasteiger partial charge in [-0.25, -0.2) is 0 Å². The summed E-state index contributed by atoms with van der Waals surface area (Å²) in [4.78, 5) is 11.8. The molecule has 0 aliphatic carbocycles. The zero-order chi connectivity index (χ0) is 21.9. The van der Waals surface area contributed by atoms with E-state index in [1.165, 1.54) is 32.8 Å². The number of esters is 1. The molecule has 0 aromatic heterocycles. The van der Waals surface area contributed by atoms with Crippen LogP contribution in [-0.2, 0) is 16.1 Å². The van der Waals surface area contributed by atoms with Crippen molar-refractivity contribution in [2.24, 2.45) is 0 Å². The Kier molecular flexibility index (Phi) is 14.8. The van der Waals surface area contributed by atoms with Crippen LogP contribution in [0.3, 0.4) is 0 Å². The maximum absolute atomic E-state index is 11.8. The summed E-state index contributed by atoms with van der Waals surface area (Å²) in [5, 5.41) is 9.57. The second-order valence-electron chi connectivity index (χ2n) is 7.36. The second-order valence-corrected chi connectivity index (χ2v) is 7.36. The van der Waals surface area contributed by atoms with Gasteiger partial charge in [0.1, 0.15) is 6.61 Å². The Hall–Kier alpha value is -2.49. The molecule has 0 heterocycles. The number of benzene rings is 1. The maximum Gasteiger partial charge on any atom is 0.306 e. The quantitative estimate of drug-likeness (QED) is 0.179. The predicted molar refractivity (Wildman–Crippen MR) is 124 cm³/mol. The summed E-state index contributed by atoms with van der Waals surface area (Å²) in [6, 6.07) is 4.94. The third-order valence-corrected chi connectivity index (χ3v) is 4.73. The van der Waals surface area contributed by atoms with Crippen molar-refractivity contribution < 1.29 is 19.4 Å². The van der Waals surface area contributed by atoms with Crippen LogP contribution in [0.5, 0.6) is 11.5 Å². The molecule has 0 fully saturated rings. The number of methoxy groups -OCH3 is 1. The lowest BCUT2D eigenvalue weighted by Crippen LogP contribution is -2.04. The average molecular weight is 415 g/mol. The molecule has 0 atom stereocenters. The maximum atomic E-state index is 11.8. The summed E-state index contributed by atoms with van der Waals surface area (Å²) >= 11 is 0. The highest BCUT2D eigenvalue weighted by Gasteiger charge is 2.06. The molecule has 1 N–H and O–H groups in total. The van der Waals surface area contributed by atoms with Crippen LogP contribution in [-0.4, -0.2) is 18.2 Å². The lowest BCUT2D eigenvalue weighted by atomic mass is 10.1. The Morgan fingerprint density at radius 3 is 2.30 bits per heavy atom. The molecule has 0 unspecified atom stereocenters. The minimum absolute atomic E-state index is 0.0782. The van der Waals surface area contributed by atoms with Gasteiger partial charge in [-0.05, 0) is 43.4 Å². The first-order valence-corrected chi connectivity index (χ1v) is 11.2. The van der Waals surface area contributed by atoms with Crippen LogP contribution >= 0.6 is 0 Å². The van der Waals surface area contributed by atoms with Gasteiger partial charge in [0.25, 0.3) is 0 Å². The molecule has 1 aromatic carbocycles. The normalized spacial score (nSPS) is 11.7. The first kappa shape index (κ1) is 25.5. The molecular formula is C26H38O4. The SMILES string of the molecule is CCCC/C=C/C=C/C=C\CCCCCCCC(=O)OCc1ccc(O)c(OC)c1. The molecule has 0 bridgehead atoms. The van der Waals surface area contributed by atoms with Gasteiger partial charge >= 0.3 is 5.97 Å². The number of aromatic hydroxyl groups is 1. The van der Waals surface area contributed by atoms with Crippen molar-refractivity contribution in [1.82, 2.24) is 0 Å². The van der Waals surface area contributed by atoms with E-state index in [9.17, 15) is 9.90 Å². The Labute approximate surface area is 182 Å². The third kappa shape index (κ3) is 12.9.